The summed E-state index contributed by atoms with van der Waals surface area (Å²) in [4.78, 5) is 27.3. The van der Waals surface area contributed by atoms with E-state index in [2.05, 4.69) is 20.4 Å². The number of fused-ring (bicyclic) bond motifs is 1. The van der Waals surface area contributed by atoms with Gasteiger partial charge in [0.1, 0.15) is 10.6 Å². The molecule has 0 atom stereocenters. The molecule has 146 valence electrons. The lowest BCUT2D eigenvalue weighted by Gasteiger charge is -2.12. The van der Waals surface area contributed by atoms with Gasteiger partial charge < -0.3 is 9.32 Å². The molecule has 4 rings (SSSR count). The lowest BCUT2D eigenvalue weighted by molar-refractivity contribution is 0.0997. The van der Waals surface area contributed by atoms with E-state index in [1.807, 2.05) is 13.8 Å². The van der Waals surface area contributed by atoms with Gasteiger partial charge in [-0.3, -0.25) is 14.9 Å². The van der Waals surface area contributed by atoms with Gasteiger partial charge in [-0.05, 0) is 63.0 Å². The first kappa shape index (κ1) is 18.8. The summed E-state index contributed by atoms with van der Waals surface area (Å²) in [5, 5.41) is 12.6. The molecule has 1 fully saturated rings. The van der Waals surface area contributed by atoms with E-state index >= 15 is 0 Å². The van der Waals surface area contributed by atoms with Gasteiger partial charge in [0.2, 0.25) is 5.13 Å². The Bertz CT molecular complexity index is 1080. The van der Waals surface area contributed by atoms with Crippen molar-refractivity contribution in [3.8, 4) is 0 Å². The van der Waals surface area contributed by atoms with Gasteiger partial charge in [-0.1, -0.05) is 11.3 Å². The summed E-state index contributed by atoms with van der Waals surface area (Å²) in [6, 6.07) is 4.79. The highest BCUT2D eigenvalue weighted by Crippen LogP contribution is 2.20. The summed E-state index contributed by atoms with van der Waals surface area (Å²) in [6.45, 7) is 7.11. The van der Waals surface area contributed by atoms with Gasteiger partial charge in [-0.25, -0.2) is 0 Å². The largest absolute Gasteiger partial charge is 0.451 e. The second-order valence-electron chi connectivity index (χ2n) is 7.16. The molecule has 8 heteroatoms. The molecule has 1 aromatic carbocycles. The SMILES string of the molecule is Cc1cc2oc(C(=O)Nc3nnc(CCN4CCCC4)s3)cc(=O)c2cc1C. The second-order valence-corrected chi connectivity index (χ2v) is 8.22. The van der Waals surface area contributed by atoms with Crippen LogP contribution in [0.4, 0.5) is 5.13 Å². The van der Waals surface area contributed by atoms with E-state index in [0.717, 1.165) is 42.2 Å². The van der Waals surface area contributed by atoms with Crippen LogP contribution in [-0.4, -0.2) is 40.6 Å². The molecule has 1 saturated heterocycles. The number of aromatic nitrogens is 2. The van der Waals surface area contributed by atoms with Crippen molar-refractivity contribution in [3.05, 3.63) is 50.3 Å². The average Bonchev–Trinajstić information content (AvgIpc) is 3.33. The Labute approximate surface area is 166 Å². The Hall–Kier alpha value is -2.58. The first-order valence-corrected chi connectivity index (χ1v) is 10.2. The monoisotopic (exact) mass is 398 g/mol. The van der Waals surface area contributed by atoms with Crippen LogP contribution in [0.3, 0.4) is 0 Å². The molecule has 0 radical (unpaired) electrons. The topological polar surface area (TPSA) is 88.3 Å². The summed E-state index contributed by atoms with van der Waals surface area (Å²) in [6.07, 6.45) is 3.33. The van der Waals surface area contributed by atoms with Crippen molar-refractivity contribution in [3.63, 3.8) is 0 Å². The minimum absolute atomic E-state index is 0.0328. The quantitative estimate of drug-likeness (QED) is 0.710. The van der Waals surface area contributed by atoms with Crippen LogP contribution in [0.1, 0.15) is 39.5 Å². The van der Waals surface area contributed by atoms with Gasteiger partial charge in [-0.15, -0.1) is 10.2 Å². The van der Waals surface area contributed by atoms with Gasteiger partial charge in [0, 0.05) is 19.0 Å². The van der Waals surface area contributed by atoms with Gasteiger partial charge >= 0.3 is 0 Å². The van der Waals surface area contributed by atoms with E-state index in [1.54, 1.807) is 12.1 Å². The molecule has 1 aliphatic heterocycles. The number of amides is 1. The van der Waals surface area contributed by atoms with Crippen LogP contribution < -0.4 is 10.7 Å². The average molecular weight is 398 g/mol. The number of carbonyl (C=O) groups excluding carboxylic acids is 1. The maximum Gasteiger partial charge on any atom is 0.293 e. The summed E-state index contributed by atoms with van der Waals surface area (Å²) >= 11 is 1.35. The molecular weight excluding hydrogens is 376 g/mol. The third kappa shape index (κ3) is 3.98. The Morgan fingerprint density at radius 3 is 2.71 bits per heavy atom. The Balaban J connectivity index is 1.47. The van der Waals surface area contributed by atoms with Crippen LogP contribution in [0.2, 0.25) is 0 Å². The van der Waals surface area contributed by atoms with E-state index in [-0.39, 0.29) is 11.2 Å². The van der Waals surface area contributed by atoms with Crippen molar-refractivity contribution < 1.29 is 9.21 Å². The van der Waals surface area contributed by atoms with Gasteiger partial charge in [0.25, 0.3) is 5.91 Å². The molecule has 0 aliphatic carbocycles. The third-order valence-electron chi connectivity index (χ3n) is 5.10. The summed E-state index contributed by atoms with van der Waals surface area (Å²) < 4.78 is 5.67. The Morgan fingerprint density at radius 2 is 1.93 bits per heavy atom. The van der Waals surface area contributed by atoms with Crippen LogP contribution in [0.15, 0.2) is 27.4 Å². The summed E-state index contributed by atoms with van der Waals surface area (Å²) in [5.74, 6) is -0.533. The number of hydrogen-bond donors (Lipinski definition) is 1. The third-order valence-corrected chi connectivity index (χ3v) is 5.99. The van der Waals surface area contributed by atoms with Crippen LogP contribution in [-0.2, 0) is 6.42 Å². The summed E-state index contributed by atoms with van der Waals surface area (Å²) in [5.41, 5.74) is 2.18. The number of carbonyl (C=O) groups is 1. The number of aryl methyl sites for hydroxylation is 2. The fourth-order valence-electron chi connectivity index (χ4n) is 3.35. The standard InChI is InChI=1S/C20H22N4O3S/c1-12-9-14-15(25)11-17(27-16(14)10-13(12)2)19(26)21-20-23-22-18(28-20)5-8-24-6-3-4-7-24/h9-11H,3-8H2,1-2H3,(H,21,23,26). The van der Waals surface area contributed by atoms with Gasteiger partial charge in [-0.2, -0.15) is 0 Å². The maximum absolute atomic E-state index is 12.5. The molecule has 7 nitrogen and oxygen atoms in total. The van der Waals surface area contributed by atoms with E-state index in [1.165, 1.54) is 30.2 Å². The van der Waals surface area contributed by atoms with Crippen molar-refractivity contribution in [2.75, 3.05) is 25.0 Å². The molecule has 0 saturated carbocycles. The van der Waals surface area contributed by atoms with Crippen molar-refractivity contribution in [2.24, 2.45) is 0 Å². The van der Waals surface area contributed by atoms with Crippen molar-refractivity contribution in [1.29, 1.82) is 0 Å². The van der Waals surface area contributed by atoms with E-state index < -0.39 is 5.91 Å². The van der Waals surface area contributed by atoms with Crippen LogP contribution in [0, 0.1) is 13.8 Å². The fraction of sp³-hybridized carbons (Fsp3) is 0.400. The van der Waals surface area contributed by atoms with Crippen molar-refractivity contribution >= 4 is 33.3 Å². The highest BCUT2D eigenvalue weighted by atomic mass is 32.1. The fourth-order valence-corrected chi connectivity index (χ4v) is 4.07. The second kappa shape index (κ2) is 7.81. The number of anilines is 1. The molecule has 3 aromatic rings. The molecule has 28 heavy (non-hydrogen) atoms. The summed E-state index contributed by atoms with van der Waals surface area (Å²) in [7, 11) is 0. The zero-order chi connectivity index (χ0) is 19.7. The number of nitrogens with zero attached hydrogens (tertiary/aromatic N) is 3. The van der Waals surface area contributed by atoms with Crippen LogP contribution in [0.25, 0.3) is 11.0 Å². The van der Waals surface area contributed by atoms with Crippen molar-refractivity contribution in [2.45, 2.75) is 33.1 Å². The molecule has 3 heterocycles. The van der Waals surface area contributed by atoms with Crippen molar-refractivity contribution in [1.82, 2.24) is 15.1 Å². The van der Waals surface area contributed by atoms with Gasteiger partial charge in [0.15, 0.2) is 11.2 Å². The predicted octanol–water partition coefficient (Wildman–Crippen LogP) is 3.15. The Kier molecular flexibility index (Phi) is 5.23. The first-order chi connectivity index (χ1) is 13.5. The van der Waals surface area contributed by atoms with E-state index in [9.17, 15) is 9.59 Å². The first-order valence-electron chi connectivity index (χ1n) is 9.41. The maximum atomic E-state index is 12.5. The molecule has 1 N–H and O–H groups in total. The highest BCUT2D eigenvalue weighted by molar-refractivity contribution is 7.15. The predicted molar refractivity (Wildman–Crippen MR) is 109 cm³/mol. The number of hydrogen-bond acceptors (Lipinski definition) is 7. The normalized spacial score (nSPS) is 14.6. The zero-order valence-corrected chi connectivity index (χ0v) is 16.8. The van der Waals surface area contributed by atoms with E-state index in [0.29, 0.717) is 16.1 Å². The highest BCUT2D eigenvalue weighted by Gasteiger charge is 2.16. The number of nitrogens with one attached hydrogen (secondary N) is 1. The molecular formula is C20H22N4O3S. The van der Waals surface area contributed by atoms with Crippen LogP contribution in [0.5, 0.6) is 0 Å². The van der Waals surface area contributed by atoms with Gasteiger partial charge in [0.05, 0.1) is 5.39 Å². The number of benzene rings is 1. The molecule has 0 bridgehead atoms. The van der Waals surface area contributed by atoms with E-state index in [4.69, 9.17) is 4.42 Å². The smallest absolute Gasteiger partial charge is 0.293 e. The lowest BCUT2D eigenvalue weighted by Crippen LogP contribution is -2.21. The van der Waals surface area contributed by atoms with Crippen LogP contribution >= 0.6 is 11.3 Å². The molecule has 1 amide bonds. The molecule has 0 unspecified atom stereocenters. The minimum atomic E-state index is -0.500. The zero-order valence-electron chi connectivity index (χ0n) is 15.9. The molecule has 2 aromatic heterocycles. The Morgan fingerprint density at radius 1 is 1.18 bits per heavy atom. The molecule has 0 spiro atoms. The number of likely N-dealkylation sites (tertiary alicyclic amines) is 1. The number of rotatable bonds is 5. The molecule has 1 aliphatic rings. The minimum Gasteiger partial charge on any atom is -0.451 e. The lowest BCUT2D eigenvalue weighted by atomic mass is 10.1.